The molecule has 0 unspecified atom stereocenters. The summed E-state index contributed by atoms with van der Waals surface area (Å²) in [6, 6.07) is 12.1. The Bertz CT molecular complexity index is 251. The van der Waals surface area contributed by atoms with Crippen LogP contribution in [0.5, 0.6) is 0 Å². The minimum atomic E-state index is -0.420. The Morgan fingerprint density at radius 1 is 1.17 bits per heavy atom. The molecule has 1 aromatic rings. The summed E-state index contributed by atoms with van der Waals surface area (Å²) in [6.07, 6.45) is 1.48. The lowest BCUT2D eigenvalue weighted by Gasteiger charge is -2.24. The van der Waals surface area contributed by atoms with Crippen LogP contribution >= 0.6 is 15.9 Å². The molecule has 1 aliphatic heterocycles. The smallest absolute Gasteiger partial charge is 0.0708 e. The maximum atomic E-state index is 3.34. The van der Waals surface area contributed by atoms with Crippen molar-refractivity contribution < 1.29 is 0 Å². The molecule has 0 nitrogen and oxygen atoms in total. The van der Waals surface area contributed by atoms with Crippen molar-refractivity contribution in [3.63, 3.8) is 0 Å². The van der Waals surface area contributed by atoms with Crippen molar-refractivity contribution in [1.29, 1.82) is 0 Å². The van der Waals surface area contributed by atoms with Crippen molar-refractivity contribution in [1.82, 2.24) is 0 Å². The van der Waals surface area contributed by atoms with Crippen molar-refractivity contribution in [2.24, 2.45) is 0 Å². The Labute approximate surface area is 83.7 Å². The molecule has 0 N–H and O–H groups in total. The van der Waals surface area contributed by atoms with Crippen LogP contribution in [0.4, 0.5) is 0 Å². The highest BCUT2D eigenvalue weighted by molar-refractivity contribution is 9.10. The predicted octanol–water partition coefficient (Wildman–Crippen LogP) is 2.43. The number of hydrogen-bond donors (Lipinski definition) is 0. The molecule has 0 spiro atoms. The van der Waals surface area contributed by atoms with Gasteiger partial charge in [-0.25, -0.2) is 0 Å². The second-order valence-electron chi connectivity index (χ2n) is 3.40. The van der Waals surface area contributed by atoms with Gasteiger partial charge in [0.25, 0.3) is 0 Å². The molecule has 1 heterocycles. The first-order valence-electron chi connectivity index (χ1n) is 4.43. The lowest BCUT2D eigenvalue weighted by atomic mass is 10.2. The Balaban J connectivity index is 2.13. The average molecular weight is 240 g/mol. The van der Waals surface area contributed by atoms with Gasteiger partial charge >= 0.3 is 0 Å². The Morgan fingerprint density at radius 2 is 1.83 bits per heavy atom. The van der Waals surface area contributed by atoms with Crippen molar-refractivity contribution in [3.05, 3.63) is 35.2 Å². The molecule has 0 amide bonds. The molecule has 0 bridgehead atoms. The van der Waals surface area contributed by atoms with E-state index in [4.69, 9.17) is 0 Å². The van der Waals surface area contributed by atoms with E-state index in [2.05, 4.69) is 40.2 Å². The molecule has 1 fully saturated rings. The molecule has 1 aromatic carbocycles. The normalized spacial score (nSPS) is 17.4. The maximum absolute atomic E-state index is 3.34. The fourth-order valence-corrected chi connectivity index (χ4v) is 4.11. The summed E-state index contributed by atoms with van der Waals surface area (Å²) in [5, 5.41) is 3.62. The zero-order chi connectivity index (χ0) is 8.39. The lowest BCUT2D eigenvalue weighted by Crippen LogP contribution is -2.35. The number of halogens is 1. The van der Waals surface area contributed by atoms with Gasteiger partial charge in [-0.05, 0) is 5.56 Å². The van der Waals surface area contributed by atoms with E-state index in [1.807, 2.05) is 5.33 Å². The third kappa shape index (κ3) is 1.64. The van der Waals surface area contributed by atoms with Crippen molar-refractivity contribution >= 4 is 29.9 Å². The highest BCUT2D eigenvalue weighted by atomic mass is 79.9. The fraction of sp³-hybridized carbons (Fsp3) is 0.300. The van der Waals surface area contributed by atoms with Crippen LogP contribution in [0.25, 0.3) is 0 Å². The van der Waals surface area contributed by atoms with Crippen LogP contribution in [-0.2, 0) is 0 Å². The summed E-state index contributed by atoms with van der Waals surface area (Å²) >= 11 is 3.34. The van der Waals surface area contributed by atoms with Gasteiger partial charge in [0.2, 0.25) is 0 Å². The Hall–Kier alpha value is -0.0831. The molecule has 63 valence electrons. The average Bonchev–Trinajstić information content (AvgIpc) is 2.03. The molecule has 2 heteroatoms. The van der Waals surface area contributed by atoms with E-state index < -0.39 is 8.80 Å². The van der Waals surface area contributed by atoms with Crippen LogP contribution in [0.15, 0.2) is 24.3 Å². The molecular weight excluding hydrogens is 228 g/mol. The van der Waals surface area contributed by atoms with Gasteiger partial charge in [0.05, 0.1) is 14.1 Å². The first kappa shape index (κ1) is 8.51. The number of rotatable bonds is 2. The molecule has 0 saturated carbocycles. The first-order valence-corrected chi connectivity index (χ1v) is 7.56. The highest BCUT2D eigenvalue weighted by Gasteiger charge is 2.20. The first-order chi connectivity index (χ1) is 5.90. The third-order valence-corrected chi connectivity index (χ3v) is 6.71. The van der Waals surface area contributed by atoms with Crippen LogP contribution in [0.2, 0.25) is 12.1 Å². The van der Waals surface area contributed by atoms with Gasteiger partial charge in [-0.2, -0.15) is 0 Å². The molecule has 12 heavy (non-hydrogen) atoms. The standard InChI is InChI=1S/C10H12BrSi/c11-8-9-2-4-10(5-3-9)12-6-1-7-12/h2-5,8,12H,1,6-7H2. The van der Waals surface area contributed by atoms with Gasteiger partial charge in [-0.3, -0.25) is 0 Å². The van der Waals surface area contributed by atoms with Crippen LogP contribution in [-0.4, -0.2) is 8.80 Å². The summed E-state index contributed by atoms with van der Waals surface area (Å²) in [6.45, 7) is 0. The molecule has 0 aromatic heterocycles. The molecule has 2 rings (SSSR count). The Kier molecular flexibility index (Phi) is 2.66. The van der Waals surface area contributed by atoms with Gasteiger partial charge in [0, 0.05) is 0 Å². The van der Waals surface area contributed by atoms with E-state index in [0.29, 0.717) is 0 Å². The third-order valence-electron chi connectivity index (χ3n) is 2.64. The van der Waals surface area contributed by atoms with Crippen molar-refractivity contribution in [3.8, 4) is 0 Å². The SMILES string of the molecule is Br[CH]c1ccc([SiH]2CCC2)cc1. The van der Waals surface area contributed by atoms with E-state index in [9.17, 15) is 0 Å². The summed E-state index contributed by atoms with van der Waals surface area (Å²) in [7, 11) is -0.420. The number of hydrogen-bond acceptors (Lipinski definition) is 0. The molecule has 1 radical (unpaired) electrons. The van der Waals surface area contributed by atoms with E-state index >= 15 is 0 Å². The van der Waals surface area contributed by atoms with Crippen LogP contribution < -0.4 is 5.19 Å². The van der Waals surface area contributed by atoms with Gasteiger partial charge in [0.15, 0.2) is 0 Å². The molecule has 0 aliphatic carbocycles. The molecule has 0 atom stereocenters. The second kappa shape index (κ2) is 3.75. The molecule has 1 saturated heterocycles. The van der Waals surface area contributed by atoms with Crippen molar-refractivity contribution in [2.45, 2.75) is 18.5 Å². The fourth-order valence-electron chi connectivity index (χ4n) is 1.58. The zero-order valence-corrected chi connectivity index (χ0v) is 9.70. The minimum Gasteiger partial charge on any atom is -0.0823 e. The van der Waals surface area contributed by atoms with Crippen molar-refractivity contribution in [2.75, 3.05) is 0 Å². The molecular formula is C10H12BrSi. The van der Waals surface area contributed by atoms with E-state index in [1.165, 1.54) is 24.1 Å². The largest absolute Gasteiger partial charge is 0.0823 e. The van der Waals surface area contributed by atoms with Gasteiger partial charge in [0.1, 0.15) is 0 Å². The monoisotopic (exact) mass is 239 g/mol. The highest BCUT2D eigenvalue weighted by Crippen LogP contribution is 2.20. The summed E-state index contributed by atoms with van der Waals surface area (Å²) in [4.78, 5) is 0. The van der Waals surface area contributed by atoms with Gasteiger partial charge in [-0.15, -0.1) is 0 Å². The second-order valence-corrected chi connectivity index (χ2v) is 7.08. The van der Waals surface area contributed by atoms with Gasteiger partial charge < -0.3 is 0 Å². The van der Waals surface area contributed by atoms with E-state index in [-0.39, 0.29) is 0 Å². The van der Waals surface area contributed by atoms with E-state index in [1.54, 1.807) is 5.19 Å². The van der Waals surface area contributed by atoms with Crippen LogP contribution in [0.1, 0.15) is 12.0 Å². The minimum absolute atomic E-state index is 0.420. The summed E-state index contributed by atoms with van der Waals surface area (Å²) in [5.41, 5.74) is 1.27. The van der Waals surface area contributed by atoms with Crippen LogP contribution in [0, 0.1) is 5.33 Å². The van der Waals surface area contributed by atoms with E-state index in [0.717, 1.165) is 0 Å². The summed E-state index contributed by atoms with van der Waals surface area (Å²) in [5.74, 6) is 0. The van der Waals surface area contributed by atoms with Gasteiger partial charge in [-0.1, -0.05) is 63.9 Å². The molecule has 1 aliphatic rings. The van der Waals surface area contributed by atoms with Crippen LogP contribution in [0.3, 0.4) is 0 Å². The summed E-state index contributed by atoms with van der Waals surface area (Å²) < 4.78 is 0. The maximum Gasteiger partial charge on any atom is 0.0708 e. The quantitative estimate of drug-likeness (QED) is 0.696. The zero-order valence-electron chi connectivity index (χ0n) is 6.96. The lowest BCUT2D eigenvalue weighted by molar-refractivity contribution is 0.951. The number of benzene rings is 1. The topological polar surface area (TPSA) is 0 Å². The Morgan fingerprint density at radius 3 is 2.25 bits per heavy atom. The predicted molar refractivity (Wildman–Crippen MR) is 59.8 cm³/mol.